The van der Waals surface area contributed by atoms with Crippen molar-refractivity contribution in [3.8, 4) is 16.9 Å². The highest BCUT2D eigenvalue weighted by molar-refractivity contribution is 5.95. The molecule has 0 radical (unpaired) electrons. The van der Waals surface area contributed by atoms with E-state index in [0.717, 1.165) is 100 Å². The van der Waals surface area contributed by atoms with Crippen molar-refractivity contribution < 1.29 is 14.3 Å². The Hall–Kier alpha value is -3.23. The van der Waals surface area contributed by atoms with Gasteiger partial charge in [0.05, 0.1) is 26.5 Å². The summed E-state index contributed by atoms with van der Waals surface area (Å²) in [5.41, 5.74) is 5.17. The highest BCUT2D eigenvalue weighted by atomic mass is 16.5. The first-order chi connectivity index (χ1) is 22.8. The van der Waals surface area contributed by atoms with Crippen molar-refractivity contribution in [3.63, 3.8) is 0 Å². The summed E-state index contributed by atoms with van der Waals surface area (Å²) in [7, 11) is 1.75. The molecule has 5 aliphatic rings. The molecule has 1 aliphatic heterocycles. The second kappa shape index (κ2) is 13.3. The van der Waals surface area contributed by atoms with Gasteiger partial charge in [-0.05, 0) is 131 Å². The number of nitrogens with zero attached hydrogens (tertiary/aromatic N) is 5. The van der Waals surface area contributed by atoms with Crippen LogP contribution in [-0.4, -0.2) is 71.6 Å². The first kappa shape index (κ1) is 32.3. The zero-order valence-corrected chi connectivity index (χ0v) is 28.9. The number of carbonyl (C=O) groups is 1. The van der Waals surface area contributed by atoms with E-state index < -0.39 is 0 Å². The third-order valence-electron chi connectivity index (χ3n) is 12.3. The number of morpholine rings is 1. The third-order valence-corrected chi connectivity index (χ3v) is 12.3. The van der Waals surface area contributed by atoms with Crippen LogP contribution in [0.2, 0.25) is 0 Å². The average Bonchev–Trinajstić information content (AvgIpc) is 3.63. The lowest BCUT2D eigenvalue weighted by molar-refractivity contribution is -0.124. The molecule has 2 aromatic heterocycles. The quantitative estimate of drug-likeness (QED) is 0.244. The zero-order valence-electron chi connectivity index (χ0n) is 28.9. The fourth-order valence-corrected chi connectivity index (χ4v) is 9.12. The Balaban J connectivity index is 1.12. The van der Waals surface area contributed by atoms with Crippen LogP contribution < -0.4 is 9.64 Å². The largest absolute Gasteiger partial charge is 0.496 e. The molecule has 3 aromatic rings. The van der Waals surface area contributed by atoms with E-state index in [1.807, 2.05) is 23.1 Å². The second-order valence-corrected chi connectivity index (χ2v) is 15.2. The summed E-state index contributed by atoms with van der Waals surface area (Å²) in [5, 5.41) is 4.59. The van der Waals surface area contributed by atoms with Crippen LogP contribution >= 0.6 is 0 Å². The summed E-state index contributed by atoms with van der Waals surface area (Å²) >= 11 is 0. The Kier molecular flexibility index (Phi) is 9.18. The van der Waals surface area contributed by atoms with Gasteiger partial charge in [0.2, 0.25) is 5.91 Å². The summed E-state index contributed by atoms with van der Waals surface area (Å²) in [4.78, 5) is 24.3. The smallest absolute Gasteiger partial charge is 0.231 e. The number of fused-ring (bicyclic) bond motifs is 3. The van der Waals surface area contributed by atoms with Gasteiger partial charge in [-0.3, -0.25) is 19.3 Å². The van der Waals surface area contributed by atoms with Gasteiger partial charge < -0.3 is 9.47 Å². The van der Waals surface area contributed by atoms with Crippen LogP contribution in [-0.2, 0) is 14.9 Å². The van der Waals surface area contributed by atoms with Gasteiger partial charge in [-0.2, -0.15) is 5.10 Å². The van der Waals surface area contributed by atoms with Crippen LogP contribution in [0.15, 0.2) is 48.9 Å². The molecule has 47 heavy (non-hydrogen) atoms. The van der Waals surface area contributed by atoms with Crippen LogP contribution in [0.25, 0.3) is 11.1 Å². The summed E-state index contributed by atoms with van der Waals surface area (Å²) in [6, 6.07) is 11.8. The number of hydrogen-bond acceptors (Lipinski definition) is 6. The molecule has 0 atom stereocenters. The van der Waals surface area contributed by atoms with Gasteiger partial charge in [0, 0.05) is 55.6 Å². The number of amides is 1. The highest BCUT2D eigenvalue weighted by Crippen LogP contribution is 2.58. The van der Waals surface area contributed by atoms with Crippen molar-refractivity contribution >= 4 is 11.7 Å². The number of anilines is 1. The fourth-order valence-electron chi connectivity index (χ4n) is 9.12. The molecule has 0 unspecified atom stereocenters. The second-order valence-electron chi connectivity index (χ2n) is 15.2. The number of pyridine rings is 1. The molecule has 1 aromatic carbocycles. The molecular weight excluding hydrogens is 586 g/mol. The molecule has 8 rings (SSSR count). The maximum atomic E-state index is 14.7. The minimum atomic E-state index is 0.0476. The summed E-state index contributed by atoms with van der Waals surface area (Å²) < 4.78 is 13.2. The Morgan fingerprint density at radius 1 is 1.00 bits per heavy atom. The van der Waals surface area contributed by atoms with Gasteiger partial charge in [0.15, 0.2) is 0 Å². The number of aryl methyl sites for hydroxylation is 1. The van der Waals surface area contributed by atoms with Gasteiger partial charge in [-0.1, -0.05) is 12.1 Å². The van der Waals surface area contributed by atoms with Crippen LogP contribution in [0.4, 0.5) is 5.82 Å². The van der Waals surface area contributed by atoms with Crippen LogP contribution in [0, 0.1) is 18.3 Å². The van der Waals surface area contributed by atoms with Crippen molar-refractivity contribution in [1.29, 1.82) is 0 Å². The number of methoxy groups -OCH3 is 1. The lowest BCUT2D eigenvalue weighted by Crippen LogP contribution is -2.52. The number of benzene rings is 1. The topological polar surface area (TPSA) is 72.7 Å². The Morgan fingerprint density at radius 3 is 2.36 bits per heavy atom. The van der Waals surface area contributed by atoms with Crippen molar-refractivity contribution in [2.24, 2.45) is 11.3 Å². The number of hydrogen-bond donors (Lipinski definition) is 0. The van der Waals surface area contributed by atoms with Gasteiger partial charge >= 0.3 is 0 Å². The van der Waals surface area contributed by atoms with Crippen molar-refractivity contribution in [1.82, 2.24) is 19.7 Å². The molecule has 252 valence electrons. The Labute approximate surface area is 280 Å². The molecule has 1 amide bonds. The molecule has 4 saturated carbocycles. The molecule has 0 spiro atoms. The molecule has 0 N–H and O–H groups in total. The highest BCUT2D eigenvalue weighted by Gasteiger charge is 2.51. The first-order valence-corrected chi connectivity index (χ1v) is 18.1. The van der Waals surface area contributed by atoms with E-state index in [-0.39, 0.29) is 22.7 Å². The summed E-state index contributed by atoms with van der Waals surface area (Å²) in [5.74, 6) is 2.08. The van der Waals surface area contributed by atoms with E-state index in [1.54, 1.807) is 7.11 Å². The lowest BCUT2D eigenvalue weighted by atomic mass is 9.51. The molecule has 8 nitrogen and oxygen atoms in total. The van der Waals surface area contributed by atoms with E-state index in [1.165, 1.54) is 30.4 Å². The van der Waals surface area contributed by atoms with E-state index in [2.05, 4.69) is 66.1 Å². The standard InChI is InChI=1S/C39H53N5O3/c1-28(2)44-26-32(25-41-44)31-11-18-40-36(24-31)43(37(45)30-5-8-34(9-6-30)42-19-21-47-22-20-42)27-38-12-15-39(16-13-38,17-14-38)33-7-10-35(46-4)29(3)23-33/h7,10-11,18,23-26,28,30,34H,5-6,8-9,12-17,19-22,27H2,1-4H3. The maximum absolute atomic E-state index is 14.7. The molecule has 5 fully saturated rings. The molecule has 1 saturated heterocycles. The predicted octanol–water partition coefficient (Wildman–Crippen LogP) is 7.36. The van der Waals surface area contributed by atoms with Crippen molar-refractivity contribution in [3.05, 3.63) is 60.0 Å². The van der Waals surface area contributed by atoms with Gasteiger partial charge in [0.1, 0.15) is 11.6 Å². The Bertz CT molecular complexity index is 1530. The van der Waals surface area contributed by atoms with E-state index in [4.69, 9.17) is 14.5 Å². The van der Waals surface area contributed by atoms with Crippen LogP contribution in [0.3, 0.4) is 0 Å². The minimum absolute atomic E-state index is 0.0476. The third kappa shape index (κ3) is 6.48. The molecular formula is C39H53N5O3. The van der Waals surface area contributed by atoms with Gasteiger partial charge in [-0.25, -0.2) is 4.98 Å². The Morgan fingerprint density at radius 2 is 1.72 bits per heavy atom. The maximum Gasteiger partial charge on any atom is 0.231 e. The SMILES string of the molecule is COc1ccc(C23CCC(CN(C(=O)C4CCC(N5CCOCC5)CC4)c4cc(-c5cnn(C(C)C)c5)ccn4)(CC2)CC3)cc1C. The average molecular weight is 640 g/mol. The zero-order chi connectivity index (χ0) is 32.6. The number of ether oxygens (including phenoxy) is 2. The molecule has 3 heterocycles. The molecule has 4 aliphatic carbocycles. The predicted molar refractivity (Wildman–Crippen MR) is 186 cm³/mol. The van der Waals surface area contributed by atoms with E-state index in [9.17, 15) is 4.79 Å². The van der Waals surface area contributed by atoms with Crippen molar-refractivity contribution in [2.45, 2.75) is 102 Å². The fraction of sp³-hybridized carbons (Fsp3) is 0.615. The first-order valence-electron chi connectivity index (χ1n) is 18.1. The van der Waals surface area contributed by atoms with Gasteiger partial charge in [-0.15, -0.1) is 0 Å². The van der Waals surface area contributed by atoms with E-state index >= 15 is 0 Å². The lowest BCUT2D eigenvalue weighted by Gasteiger charge is -2.55. The van der Waals surface area contributed by atoms with Gasteiger partial charge in [0.25, 0.3) is 0 Å². The number of aromatic nitrogens is 3. The normalized spacial score (nSPS) is 28.0. The number of carbonyl (C=O) groups excluding carboxylic acids is 1. The summed E-state index contributed by atoms with van der Waals surface area (Å²) in [6.45, 7) is 10.9. The molecule has 2 bridgehead atoms. The molecule has 8 heteroatoms. The minimum Gasteiger partial charge on any atom is -0.496 e. The summed E-state index contributed by atoms with van der Waals surface area (Å²) in [6.07, 6.45) is 16.9. The van der Waals surface area contributed by atoms with Crippen LogP contribution in [0.5, 0.6) is 5.75 Å². The number of rotatable bonds is 9. The van der Waals surface area contributed by atoms with Crippen LogP contribution in [0.1, 0.15) is 95.2 Å². The van der Waals surface area contributed by atoms with Crippen molar-refractivity contribution in [2.75, 3.05) is 44.9 Å². The van der Waals surface area contributed by atoms with E-state index in [0.29, 0.717) is 12.1 Å². The monoisotopic (exact) mass is 639 g/mol.